The zero-order chi connectivity index (χ0) is 7.72. The smallest absolute Gasteiger partial charge is 0.155 e. The molecule has 0 spiro atoms. The molecule has 0 aliphatic heterocycles. The first-order valence-electron chi connectivity index (χ1n) is 3.29. The van der Waals surface area contributed by atoms with Crippen LogP contribution in [0.2, 0.25) is 0 Å². The quantitative estimate of drug-likeness (QED) is 0.490. The van der Waals surface area contributed by atoms with E-state index in [-0.39, 0.29) is 6.42 Å². The highest BCUT2D eigenvalue weighted by Gasteiger charge is 2.18. The molecule has 0 aromatic rings. The van der Waals surface area contributed by atoms with E-state index in [4.69, 9.17) is 0 Å². The fraction of sp³-hybridized carbons (Fsp3) is 0.500. The van der Waals surface area contributed by atoms with Crippen LogP contribution in [0.1, 0.15) is 20.3 Å². The van der Waals surface area contributed by atoms with Gasteiger partial charge in [0.1, 0.15) is 5.83 Å². The molecule has 0 saturated heterocycles. The molecular formula is C8H10F2. The lowest BCUT2D eigenvalue weighted by Gasteiger charge is -2.13. The molecule has 0 saturated carbocycles. The van der Waals surface area contributed by atoms with E-state index < -0.39 is 12.0 Å². The topological polar surface area (TPSA) is 0 Å². The van der Waals surface area contributed by atoms with Gasteiger partial charge in [-0.2, -0.15) is 0 Å². The first-order valence-corrected chi connectivity index (χ1v) is 3.29. The third kappa shape index (κ3) is 1.25. The molecular weight excluding hydrogens is 134 g/mol. The first kappa shape index (κ1) is 7.45. The van der Waals surface area contributed by atoms with Crippen molar-refractivity contribution in [3.63, 3.8) is 0 Å². The van der Waals surface area contributed by atoms with Gasteiger partial charge < -0.3 is 0 Å². The lowest BCUT2D eigenvalue weighted by atomic mass is 9.98. The number of hydrogen-bond donors (Lipinski definition) is 0. The molecule has 2 heteroatoms. The summed E-state index contributed by atoms with van der Waals surface area (Å²) >= 11 is 0. The summed E-state index contributed by atoms with van der Waals surface area (Å²) < 4.78 is 25.0. The maximum Gasteiger partial charge on any atom is 0.155 e. The number of rotatable bonds is 0. The van der Waals surface area contributed by atoms with Gasteiger partial charge in [-0.25, -0.2) is 8.78 Å². The van der Waals surface area contributed by atoms with Crippen molar-refractivity contribution in [1.82, 2.24) is 0 Å². The van der Waals surface area contributed by atoms with Gasteiger partial charge in [0.25, 0.3) is 0 Å². The van der Waals surface area contributed by atoms with Gasteiger partial charge in [-0.15, -0.1) is 0 Å². The predicted octanol–water partition coefficient (Wildman–Crippen LogP) is 2.92. The summed E-state index contributed by atoms with van der Waals surface area (Å²) in [6.45, 7) is 3.62. The average molecular weight is 144 g/mol. The summed E-state index contributed by atoms with van der Waals surface area (Å²) in [5.41, 5.74) is 1.79. The third-order valence-corrected chi connectivity index (χ3v) is 1.81. The first-order chi connectivity index (χ1) is 4.61. The second kappa shape index (κ2) is 2.52. The van der Waals surface area contributed by atoms with Gasteiger partial charge in [0, 0.05) is 6.42 Å². The van der Waals surface area contributed by atoms with Gasteiger partial charge in [-0.3, -0.25) is 0 Å². The van der Waals surface area contributed by atoms with Crippen LogP contribution in [-0.4, -0.2) is 6.17 Å². The Labute approximate surface area is 59.2 Å². The van der Waals surface area contributed by atoms with Crippen LogP contribution >= 0.6 is 0 Å². The minimum absolute atomic E-state index is 0.216. The Morgan fingerprint density at radius 3 is 2.60 bits per heavy atom. The number of halogens is 2. The molecule has 1 aliphatic rings. The lowest BCUT2D eigenvalue weighted by molar-refractivity contribution is 0.319. The molecule has 1 rings (SSSR count). The second-order valence-electron chi connectivity index (χ2n) is 2.66. The van der Waals surface area contributed by atoms with Crippen LogP contribution < -0.4 is 0 Å². The van der Waals surface area contributed by atoms with E-state index in [1.54, 1.807) is 6.92 Å². The Balaban J connectivity index is 2.88. The van der Waals surface area contributed by atoms with Crippen molar-refractivity contribution < 1.29 is 8.78 Å². The number of alkyl halides is 1. The molecule has 1 aliphatic carbocycles. The molecule has 1 unspecified atom stereocenters. The largest absolute Gasteiger partial charge is 0.239 e. The van der Waals surface area contributed by atoms with Crippen molar-refractivity contribution in [3.8, 4) is 0 Å². The molecule has 0 fully saturated rings. The van der Waals surface area contributed by atoms with E-state index in [2.05, 4.69) is 0 Å². The van der Waals surface area contributed by atoms with E-state index in [1.807, 2.05) is 6.92 Å². The minimum atomic E-state index is -1.40. The molecule has 0 nitrogen and oxygen atoms in total. The van der Waals surface area contributed by atoms with E-state index in [1.165, 1.54) is 6.08 Å². The molecule has 0 N–H and O–H groups in total. The fourth-order valence-corrected chi connectivity index (χ4v) is 0.948. The minimum Gasteiger partial charge on any atom is -0.239 e. The van der Waals surface area contributed by atoms with Crippen molar-refractivity contribution in [2.45, 2.75) is 26.4 Å². The van der Waals surface area contributed by atoms with Crippen LogP contribution in [0.5, 0.6) is 0 Å². The Morgan fingerprint density at radius 1 is 1.50 bits per heavy atom. The van der Waals surface area contributed by atoms with Crippen LogP contribution in [0, 0.1) is 0 Å². The SMILES string of the molecule is CC1=C(C)CC(F)C(F)=C1. The highest BCUT2D eigenvalue weighted by Crippen LogP contribution is 2.26. The van der Waals surface area contributed by atoms with Crippen LogP contribution in [-0.2, 0) is 0 Å². The second-order valence-corrected chi connectivity index (χ2v) is 2.66. The van der Waals surface area contributed by atoms with Crippen molar-refractivity contribution in [3.05, 3.63) is 23.0 Å². The van der Waals surface area contributed by atoms with Crippen molar-refractivity contribution in [2.24, 2.45) is 0 Å². The zero-order valence-corrected chi connectivity index (χ0v) is 6.12. The highest BCUT2D eigenvalue weighted by atomic mass is 19.2. The van der Waals surface area contributed by atoms with E-state index >= 15 is 0 Å². The van der Waals surface area contributed by atoms with Crippen LogP contribution in [0.3, 0.4) is 0 Å². The zero-order valence-electron chi connectivity index (χ0n) is 6.12. The lowest BCUT2D eigenvalue weighted by Crippen LogP contribution is -2.07. The predicted molar refractivity (Wildman–Crippen MR) is 37.1 cm³/mol. The molecule has 0 bridgehead atoms. The Kier molecular flexibility index (Phi) is 1.88. The summed E-state index contributed by atoms with van der Waals surface area (Å²) in [5.74, 6) is -0.636. The van der Waals surface area contributed by atoms with E-state index in [0.29, 0.717) is 0 Å². The maximum absolute atomic E-state index is 12.5. The average Bonchev–Trinajstić information content (AvgIpc) is 1.84. The molecule has 10 heavy (non-hydrogen) atoms. The van der Waals surface area contributed by atoms with Crippen molar-refractivity contribution >= 4 is 0 Å². The standard InChI is InChI=1S/C8H10F2/c1-5-3-7(9)8(10)4-6(5)2/h3,8H,4H2,1-2H3. The Morgan fingerprint density at radius 2 is 2.10 bits per heavy atom. The maximum atomic E-state index is 12.5. The van der Waals surface area contributed by atoms with Gasteiger partial charge in [0.05, 0.1) is 0 Å². The van der Waals surface area contributed by atoms with Gasteiger partial charge in [-0.1, -0.05) is 5.57 Å². The third-order valence-electron chi connectivity index (χ3n) is 1.81. The molecule has 56 valence electrons. The van der Waals surface area contributed by atoms with Crippen LogP contribution in [0.25, 0.3) is 0 Å². The summed E-state index contributed by atoms with van der Waals surface area (Å²) in [4.78, 5) is 0. The molecule has 0 amide bonds. The molecule has 0 radical (unpaired) electrons. The fourth-order valence-electron chi connectivity index (χ4n) is 0.948. The summed E-state index contributed by atoms with van der Waals surface area (Å²) in [5, 5.41) is 0. The summed E-state index contributed by atoms with van der Waals surface area (Å²) in [7, 11) is 0. The van der Waals surface area contributed by atoms with Gasteiger partial charge in [0.15, 0.2) is 6.17 Å². The summed E-state index contributed by atoms with van der Waals surface area (Å²) in [6, 6.07) is 0. The van der Waals surface area contributed by atoms with E-state index in [0.717, 1.165) is 11.1 Å². The highest BCUT2D eigenvalue weighted by molar-refractivity contribution is 5.30. The van der Waals surface area contributed by atoms with Crippen LogP contribution in [0.4, 0.5) is 8.78 Å². The Bertz CT molecular complexity index is 201. The number of hydrogen-bond acceptors (Lipinski definition) is 0. The normalized spacial score (nSPS) is 26.8. The van der Waals surface area contributed by atoms with Crippen molar-refractivity contribution in [1.29, 1.82) is 0 Å². The Hall–Kier alpha value is -0.660. The van der Waals surface area contributed by atoms with E-state index in [9.17, 15) is 8.78 Å². The van der Waals surface area contributed by atoms with Crippen molar-refractivity contribution in [2.75, 3.05) is 0 Å². The molecule has 1 atom stereocenters. The monoisotopic (exact) mass is 144 g/mol. The number of allylic oxidation sites excluding steroid dienone is 4. The molecule has 0 aromatic carbocycles. The van der Waals surface area contributed by atoms with Gasteiger partial charge in [-0.05, 0) is 25.5 Å². The molecule has 0 aromatic heterocycles. The van der Waals surface area contributed by atoms with Gasteiger partial charge >= 0.3 is 0 Å². The van der Waals surface area contributed by atoms with Crippen LogP contribution in [0.15, 0.2) is 23.0 Å². The summed E-state index contributed by atoms with van der Waals surface area (Å²) in [6.07, 6.45) is 0.0844. The van der Waals surface area contributed by atoms with Gasteiger partial charge in [0.2, 0.25) is 0 Å². The molecule has 0 heterocycles.